The van der Waals surface area contributed by atoms with Crippen LogP contribution in [0.1, 0.15) is 10.4 Å². The zero-order valence-electron chi connectivity index (χ0n) is 6.70. The van der Waals surface area contributed by atoms with E-state index in [1.165, 1.54) is 12.1 Å². The Kier molecular flexibility index (Phi) is 4.92. The second-order valence-electron chi connectivity index (χ2n) is 2.01. The monoisotopic (exact) mass is 174 g/mol. The van der Waals surface area contributed by atoms with Gasteiger partial charge in [-0.1, -0.05) is 12.1 Å². The van der Waals surface area contributed by atoms with Gasteiger partial charge in [-0.3, -0.25) is 5.84 Å². The van der Waals surface area contributed by atoms with Crippen molar-refractivity contribution in [1.82, 2.24) is 0 Å². The molecule has 1 rings (SSSR count). The van der Waals surface area contributed by atoms with E-state index in [4.69, 9.17) is 5.84 Å². The van der Waals surface area contributed by atoms with Gasteiger partial charge >= 0.3 is 29.6 Å². The maximum Gasteiger partial charge on any atom is 1.00 e. The van der Waals surface area contributed by atoms with Crippen LogP contribution in [0.15, 0.2) is 24.3 Å². The molecule has 0 saturated heterocycles. The van der Waals surface area contributed by atoms with Gasteiger partial charge in [0.15, 0.2) is 0 Å². The average molecular weight is 174 g/mol. The zero-order chi connectivity index (χ0) is 8.27. The Morgan fingerprint density at radius 3 is 2.17 bits per heavy atom. The van der Waals surface area contributed by atoms with Crippen LogP contribution in [0.25, 0.3) is 0 Å². The fourth-order valence-electron chi connectivity index (χ4n) is 0.703. The van der Waals surface area contributed by atoms with Gasteiger partial charge in [0, 0.05) is 5.69 Å². The smallest absolute Gasteiger partial charge is 0.545 e. The number of benzene rings is 1. The van der Waals surface area contributed by atoms with Crippen LogP contribution in [0.5, 0.6) is 0 Å². The SMILES string of the molecule is NNc1ccc(C(=O)[O-])cc1.[Na+]. The van der Waals surface area contributed by atoms with Gasteiger partial charge in [-0.05, 0) is 17.7 Å². The number of nitrogens with two attached hydrogens (primary N) is 1. The summed E-state index contributed by atoms with van der Waals surface area (Å²) in [4.78, 5) is 10.2. The minimum atomic E-state index is -1.19. The van der Waals surface area contributed by atoms with E-state index in [-0.39, 0.29) is 35.1 Å². The number of carboxylic acids is 1. The Labute approximate surface area is 92.0 Å². The average Bonchev–Trinajstić information content (AvgIpc) is 2.05. The molecule has 12 heavy (non-hydrogen) atoms. The molecule has 1 aromatic rings. The molecule has 0 aliphatic rings. The number of nitrogen functional groups attached to an aromatic ring is 1. The first kappa shape index (κ1) is 11.4. The predicted molar refractivity (Wildman–Crippen MR) is 38.6 cm³/mol. The van der Waals surface area contributed by atoms with Gasteiger partial charge in [0.1, 0.15) is 0 Å². The van der Waals surface area contributed by atoms with E-state index in [0.29, 0.717) is 5.69 Å². The van der Waals surface area contributed by atoms with Crippen molar-refractivity contribution in [2.75, 3.05) is 5.43 Å². The summed E-state index contributed by atoms with van der Waals surface area (Å²) in [5.74, 6) is 3.88. The number of carbonyl (C=O) groups is 1. The molecule has 5 heteroatoms. The van der Waals surface area contributed by atoms with Crippen molar-refractivity contribution in [2.24, 2.45) is 5.84 Å². The topological polar surface area (TPSA) is 78.2 Å². The molecular weight excluding hydrogens is 167 g/mol. The molecule has 0 bridgehead atoms. The Balaban J connectivity index is 0.00000121. The molecule has 0 aliphatic carbocycles. The first-order chi connectivity index (χ1) is 5.24. The van der Waals surface area contributed by atoms with Gasteiger partial charge < -0.3 is 15.3 Å². The van der Waals surface area contributed by atoms with Crippen LogP contribution >= 0.6 is 0 Å². The van der Waals surface area contributed by atoms with E-state index in [9.17, 15) is 9.90 Å². The molecule has 58 valence electrons. The van der Waals surface area contributed by atoms with E-state index in [1.54, 1.807) is 12.1 Å². The van der Waals surface area contributed by atoms with E-state index in [1.807, 2.05) is 0 Å². The summed E-state index contributed by atoms with van der Waals surface area (Å²) in [6.45, 7) is 0. The standard InChI is InChI=1S/C7H8N2O2.Na/c8-9-6-3-1-5(2-4-6)7(10)11;/h1-4,9H,8H2,(H,10,11);/q;+1/p-1. The number of carboxylic acid groups (broad SMARTS) is 1. The van der Waals surface area contributed by atoms with Crippen molar-refractivity contribution in [3.8, 4) is 0 Å². The van der Waals surface area contributed by atoms with Crippen LogP contribution in [-0.4, -0.2) is 5.97 Å². The summed E-state index contributed by atoms with van der Waals surface area (Å²) < 4.78 is 0. The van der Waals surface area contributed by atoms with Crippen LogP contribution in [0.2, 0.25) is 0 Å². The quantitative estimate of drug-likeness (QED) is 0.275. The number of aromatic carboxylic acids is 1. The van der Waals surface area contributed by atoms with E-state index >= 15 is 0 Å². The van der Waals surface area contributed by atoms with Gasteiger partial charge in [0.25, 0.3) is 0 Å². The third-order valence-corrected chi connectivity index (χ3v) is 1.29. The molecule has 0 atom stereocenters. The van der Waals surface area contributed by atoms with Crippen molar-refractivity contribution < 1.29 is 39.5 Å². The Morgan fingerprint density at radius 2 is 1.83 bits per heavy atom. The molecule has 0 radical (unpaired) electrons. The van der Waals surface area contributed by atoms with Crippen LogP contribution in [0.3, 0.4) is 0 Å². The molecule has 1 aromatic carbocycles. The summed E-state index contributed by atoms with van der Waals surface area (Å²) in [5, 5.41) is 10.2. The number of hydrogen-bond acceptors (Lipinski definition) is 4. The molecule has 0 aliphatic heterocycles. The summed E-state index contributed by atoms with van der Waals surface area (Å²) in [7, 11) is 0. The van der Waals surface area contributed by atoms with Gasteiger partial charge in [0.05, 0.1) is 5.97 Å². The summed E-state index contributed by atoms with van der Waals surface area (Å²) in [6, 6.07) is 5.96. The van der Waals surface area contributed by atoms with Gasteiger partial charge in [0.2, 0.25) is 0 Å². The molecule has 0 saturated carbocycles. The Morgan fingerprint density at radius 1 is 1.33 bits per heavy atom. The largest absolute Gasteiger partial charge is 1.00 e. The van der Waals surface area contributed by atoms with Gasteiger partial charge in [-0.15, -0.1) is 0 Å². The van der Waals surface area contributed by atoms with E-state index in [0.717, 1.165) is 0 Å². The molecule has 3 N–H and O–H groups in total. The molecule has 0 unspecified atom stereocenters. The van der Waals surface area contributed by atoms with Crippen LogP contribution in [-0.2, 0) is 0 Å². The molecule has 0 fully saturated rings. The Hall–Kier alpha value is -0.550. The van der Waals surface area contributed by atoms with Crippen molar-refractivity contribution >= 4 is 11.7 Å². The van der Waals surface area contributed by atoms with Crippen LogP contribution in [0.4, 0.5) is 5.69 Å². The van der Waals surface area contributed by atoms with Crippen molar-refractivity contribution in [2.45, 2.75) is 0 Å². The number of anilines is 1. The normalized spacial score (nSPS) is 8.42. The third kappa shape index (κ3) is 2.83. The van der Waals surface area contributed by atoms with Crippen molar-refractivity contribution in [1.29, 1.82) is 0 Å². The number of carbonyl (C=O) groups excluding carboxylic acids is 1. The maximum atomic E-state index is 10.2. The molecule has 0 aromatic heterocycles. The zero-order valence-corrected chi connectivity index (χ0v) is 8.70. The minimum Gasteiger partial charge on any atom is -0.545 e. The summed E-state index contributed by atoms with van der Waals surface area (Å²) in [5.41, 5.74) is 3.18. The van der Waals surface area contributed by atoms with Gasteiger partial charge in [-0.2, -0.15) is 0 Å². The van der Waals surface area contributed by atoms with Gasteiger partial charge in [-0.25, -0.2) is 0 Å². The first-order valence-corrected chi connectivity index (χ1v) is 3.02. The van der Waals surface area contributed by atoms with E-state index < -0.39 is 5.97 Å². The van der Waals surface area contributed by atoms with E-state index in [2.05, 4.69) is 5.43 Å². The summed E-state index contributed by atoms with van der Waals surface area (Å²) in [6.07, 6.45) is 0. The number of hydrazine groups is 1. The number of hydrogen-bond donors (Lipinski definition) is 2. The number of nitrogens with one attached hydrogen (secondary N) is 1. The Bertz CT molecular complexity index is 261. The second-order valence-corrected chi connectivity index (χ2v) is 2.01. The predicted octanol–water partition coefficient (Wildman–Crippen LogP) is -3.66. The van der Waals surface area contributed by atoms with Crippen LogP contribution in [0, 0.1) is 0 Å². The molecular formula is C7H7N2NaO2. The second kappa shape index (κ2) is 5.16. The molecule has 0 spiro atoms. The fraction of sp³-hybridized carbons (Fsp3) is 0. The first-order valence-electron chi connectivity index (χ1n) is 3.02. The molecule has 0 amide bonds. The molecule has 0 heterocycles. The minimum absolute atomic E-state index is 0. The van der Waals surface area contributed by atoms with Crippen molar-refractivity contribution in [3.63, 3.8) is 0 Å². The third-order valence-electron chi connectivity index (χ3n) is 1.29. The molecule has 4 nitrogen and oxygen atoms in total. The van der Waals surface area contributed by atoms with Crippen molar-refractivity contribution in [3.05, 3.63) is 29.8 Å². The number of rotatable bonds is 2. The maximum absolute atomic E-state index is 10.2. The summed E-state index contributed by atoms with van der Waals surface area (Å²) >= 11 is 0. The fourth-order valence-corrected chi connectivity index (χ4v) is 0.703. The van der Waals surface area contributed by atoms with Crippen LogP contribution < -0.4 is 45.9 Å².